The van der Waals surface area contributed by atoms with E-state index in [0.29, 0.717) is 36.5 Å². The number of carbonyl (C=O) groups excluding carboxylic acids is 1. The monoisotopic (exact) mass is 314 g/mol. The van der Waals surface area contributed by atoms with Gasteiger partial charge < -0.3 is 13.9 Å². The largest absolute Gasteiger partial charge is 0.350 e. The Morgan fingerprint density at radius 3 is 2.83 bits per heavy atom. The van der Waals surface area contributed by atoms with Crippen molar-refractivity contribution < 1.29 is 13.8 Å². The minimum absolute atomic E-state index is 0.0272. The Bertz CT molecular complexity index is 761. The summed E-state index contributed by atoms with van der Waals surface area (Å²) in [5.41, 5.74) is 2.12. The number of carbonyl (C=O) groups is 1. The van der Waals surface area contributed by atoms with Gasteiger partial charge in [0.15, 0.2) is 5.82 Å². The molecule has 0 bridgehead atoms. The van der Waals surface area contributed by atoms with Gasteiger partial charge in [0.25, 0.3) is 5.89 Å². The third-order valence-corrected chi connectivity index (χ3v) is 5.11. The molecule has 0 N–H and O–H groups in total. The number of likely N-dealkylation sites (tertiary alicyclic amines) is 1. The topological polar surface area (TPSA) is 85.3 Å². The van der Waals surface area contributed by atoms with E-state index in [2.05, 4.69) is 15.3 Å². The summed E-state index contributed by atoms with van der Waals surface area (Å²) in [5.74, 6) is 1.85. The first-order chi connectivity index (χ1) is 11.3. The lowest BCUT2D eigenvalue weighted by Gasteiger charge is -2.13. The number of nitrogens with zero attached hydrogens (tertiary/aromatic N) is 4. The van der Waals surface area contributed by atoms with Crippen LogP contribution in [0.1, 0.15) is 55.1 Å². The molecule has 2 fully saturated rings. The average Bonchev–Trinajstić information content (AvgIpc) is 2.99. The molecule has 3 aliphatic rings. The molecule has 3 heterocycles. The minimum atomic E-state index is 0.0272. The summed E-state index contributed by atoms with van der Waals surface area (Å²) in [4.78, 5) is 18.5. The van der Waals surface area contributed by atoms with Gasteiger partial charge in [-0.05, 0) is 38.5 Å². The maximum atomic E-state index is 12.1. The molecule has 7 nitrogen and oxygen atoms in total. The zero-order chi connectivity index (χ0) is 15.4. The van der Waals surface area contributed by atoms with E-state index in [1.807, 2.05) is 4.90 Å². The highest BCUT2D eigenvalue weighted by Crippen LogP contribution is 2.37. The van der Waals surface area contributed by atoms with Gasteiger partial charge >= 0.3 is 0 Å². The normalized spacial score (nSPS) is 24.3. The minimum Gasteiger partial charge on any atom is -0.350 e. The zero-order valence-corrected chi connectivity index (χ0v) is 12.8. The quantitative estimate of drug-likeness (QED) is 0.862. The predicted molar refractivity (Wildman–Crippen MR) is 78.5 cm³/mol. The highest BCUT2D eigenvalue weighted by Gasteiger charge is 2.41. The Hall–Kier alpha value is -2.18. The highest BCUT2D eigenvalue weighted by molar-refractivity contribution is 5.80. The van der Waals surface area contributed by atoms with E-state index in [4.69, 9.17) is 9.05 Å². The van der Waals surface area contributed by atoms with Gasteiger partial charge in [0.1, 0.15) is 0 Å². The Labute approximate surface area is 133 Å². The number of amides is 1. The SMILES string of the molecule is O=C1C[C@H](c2noc(-c3onc4c3CCCC4)n2)CN1C1CC1. The number of hydrogen-bond donors (Lipinski definition) is 0. The van der Waals surface area contributed by atoms with Crippen LogP contribution in [0, 0.1) is 0 Å². The molecule has 1 aliphatic heterocycles. The van der Waals surface area contributed by atoms with E-state index in [9.17, 15) is 4.79 Å². The lowest BCUT2D eigenvalue weighted by molar-refractivity contribution is -0.128. The van der Waals surface area contributed by atoms with Gasteiger partial charge in [0, 0.05) is 30.5 Å². The molecule has 1 saturated heterocycles. The van der Waals surface area contributed by atoms with Crippen LogP contribution < -0.4 is 0 Å². The first-order valence-corrected chi connectivity index (χ1v) is 8.40. The molecule has 120 valence electrons. The molecule has 23 heavy (non-hydrogen) atoms. The number of aryl methyl sites for hydroxylation is 1. The van der Waals surface area contributed by atoms with Crippen LogP contribution in [0.5, 0.6) is 0 Å². The molecule has 2 aromatic rings. The molecule has 5 rings (SSSR count). The van der Waals surface area contributed by atoms with Gasteiger partial charge in [-0.2, -0.15) is 4.98 Å². The molecular formula is C16H18N4O3. The van der Waals surface area contributed by atoms with E-state index in [-0.39, 0.29) is 11.8 Å². The Balaban J connectivity index is 1.40. The fraction of sp³-hybridized carbons (Fsp3) is 0.625. The van der Waals surface area contributed by atoms with Gasteiger partial charge in [0.2, 0.25) is 11.7 Å². The smallest absolute Gasteiger partial charge is 0.296 e. The van der Waals surface area contributed by atoms with Crippen LogP contribution in [0.2, 0.25) is 0 Å². The molecule has 0 radical (unpaired) electrons. The summed E-state index contributed by atoms with van der Waals surface area (Å²) in [6, 6.07) is 0.445. The van der Waals surface area contributed by atoms with E-state index < -0.39 is 0 Å². The van der Waals surface area contributed by atoms with Gasteiger partial charge in [0.05, 0.1) is 5.69 Å². The molecule has 1 atom stereocenters. The second kappa shape index (κ2) is 4.91. The molecular weight excluding hydrogens is 296 g/mol. The third-order valence-electron chi connectivity index (χ3n) is 5.11. The van der Waals surface area contributed by atoms with Gasteiger partial charge in [-0.3, -0.25) is 4.79 Å². The van der Waals surface area contributed by atoms with E-state index in [1.54, 1.807) is 0 Å². The van der Waals surface area contributed by atoms with Crippen molar-refractivity contribution in [3.63, 3.8) is 0 Å². The summed E-state index contributed by atoms with van der Waals surface area (Å²) in [6.45, 7) is 0.705. The van der Waals surface area contributed by atoms with Crippen molar-refractivity contribution >= 4 is 5.91 Å². The summed E-state index contributed by atoms with van der Waals surface area (Å²) in [6.07, 6.45) is 6.91. The summed E-state index contributed by atoms with van der Waals surface area (Å²) in [5, 5.41) is 8.23. The van der Waals surface area contributed by atoms with Crippen molar-refractivity contribution in [1.29, 1.82) is 0 Å². The van der Waals surface area contributed by atoms with E-state index >= 15 is 0 Å². The van der Waals surface area contributed by atoms with Crippen molar-refractivity contribution in [3.05, 3.63) is 17.1 Å². The van der Waals surface area contributed by atoms with Crippen LogP contribution in [0.3, 0.4) is 0 Å². The molecule has 1 amide bonds. The van der Waals surface area contributed by atoms with E-state index in [1.165, 1.54) is 0 Å². The maximum Gasteiger partial charge on any atom is 0.296 e. The number of rotatable bonds is 3. The second-order valence-electron chi connectivity index (χ2n) is 6.78. The number of hydrogen-bond acceptors (Lipinski definition) is 6. The lowest BCUT2D eigenvalue weighted by Crippen LogP contribution is -2.27. The Morgan fingerprint density at radius 2 is 1.96 bits per heavy atom. The number of fused-ring (bicyclic) bond motifs is 1. The standard InChI is InChI=1S/C16H18N4O3/c21-13-7-9(8-20(13)10-5-6-10)15-17-16(23-19-15)14-11-3-1-2-4-12(11)18-22-14/h9-10H,1-8H2/t9-/m0/s1. The third kappa shape index (κ3) is 2.17. The van der Waals surface area contributed by atoms with Crippen molar-refractivity contribution in [1.82, 2.24) is 20.2 Å². The Morgan fingerprint density at radius 1 is 1.09 bits per heavy atom. The first kappa shape index (κ1) is 13.3. The predicted octanol–water partition coefficient (Wildman–Crippen LogP) is 2.08. The molecule has 0 spiro atoms. The summed E-state index contributed by atoms with van der Waals surface area (Å²) >= 11 is 0. The van der Waals surface area contributed by atoms with Crippen LogP contribution in [-0.2, 0) is 17.6 Å². The van der Waals surface area contributed by atoms with Crippen LogP contribution in [-0.4, -0.2) is 38.7 Å². The van der Waals surface area contributed by atoms with Crippen molar-refractivity contribution in [3.8, 4) is 11.7 Å². The summed E-state index contributed by atoms with van der Waals surface area (Å²) in [7, 11) is 0. The second-order valence-corrected chi connectivity index (χ2v) is 6.78. The van der Waals surface area contributed by atoms with Crippen molar-refractivity contribution in [2.24, 2.45) is 0 Å². The average molecular weight is 314 g/mol. The summed E-state index contributed by atoms with van der Waals surface area (Å²) < 4.78 is 10.9. The van der Waals surface area contributed by atoms with Crippen LogP contribution >= 0.6 is 0 Å². The maximum absolute atomic E-state index is 12.1. The first-order valence-electron chi connectivity index (χ1n) is 8.40. The van der Waals surface area contributed by atoms with Crippen molar-refractivity contribution in [2.75, 3.05) is 6.54 Å². The van der Waals surface area contributed by atoms with Crippen LogP contribution in [0.4, 0.5) is 0 Å². The molecule has 1 saturated carbocycles. The zero-order valence-electron chi connectivity index (χ0n) is 12.8. The van der Waals surface area contributed by atoms with Crippen LogP contribution in [0.25, 0.3) is 11.7 Å². The molecule has 0 aromatic carbocycles. The van der Waals surface area contributed by atoms with Gasteiger partial charge in [-0.1, -0.05) is 10.3 Å². The molecule has 7 heteroatoms. The van der Waals surface area contributed by atoms with Gasteiger partial charge in [-0.25, -0.2) is 0 Å². The highest BCUT2D eigenvalue weighted by atomic mass is 16.5. The Kier molecular flexibility index (Phi) is 2.83. The molecule has 0 unspecified atom stereocenters. The fourth-order valence-electron chi connectivity index (χ4n) is 3.70. The van der Waals surface area contributed by atoms with E-state index in [0.717, 1.165) is 49.8 Å². The van der Waals surface area contributed by atoms with Crippen LogP contribution in [0.15, 0.2) is 9.05 Å². The lowest BCUT2D eigenvalue weighted by atomic mass is 9.96. The molecule has 2 aromatic heterocycles. The van der Waals surface area contributed by atoms with Gasteiger partial charge in [-0.15, -0.1) is 0 Å². The fourth-order valence-corrected chi connectivity index (χ4v) is 3.70. The van der Waals surface area contributed by atoms with Crippen molar-refractivity contribution in [2.45, 2.75) is 56.9 Å². The molecule has 2 aliphatic carbocycles. The number of aromatic nitrogens is 3.